The third-order valence-electron chi connectivity index (χ3n) is 4.14. The van der Waals surface area contributed by atoms with Gasteiger partial charge in [-0.25, -0.2) is 4.98 Å². The number of rotatable bonds is 3. The summed E-state index contributed by atoms with van der Waals surface area (Å²) in [6.07, 6.45) is 0.646. The molecule has 2 heterocycles. The third kappa shape index (κ3) is 4.26. The van der Waals surface area contributed by atoms with Gasteiger partial charge < -0.3 is 9.80 Å². The first-order chi connectivity index (χ1) is 11.9. The van der Waals surface area contributed by atoms with Crippen molar-refractivity contribution in [3.63, 3.8) is 0 Å². The number of alkyl halides is 3. The van der Waals surface area contributed by atoms with E-state index in [1.807, 2.05) is 0 Å². The van der Waals surface area contributed by atoms with Crippen LogP contribution in [0.2, 0.25) is 0 Å². The molecule has 25 heavy (non-hydrogen) atoms. The number of benzene rings is 1. The van der Waals surface area contributed by atoms with Crippen molar-refractivity contribution < 1.29 is 18.0 Å². The van der Waals surface area contributed by atoms with Gasteiger partial charge >= 0.3 is 6.18 Å². The molecule has 2 aromatic rings. The molecule has 1 saturated heterocycles. The molecule has 1 fully saturated rings. The highest BCUT2D eigenvalue weighted by molar-refractivity contribution is 5.79. The minimum Gasteiger partial charge on any atom is -0.352 e. The topological polar surface area (TPSA) is 49.3 Å². The molecule has 0 bridgehead atoms. The van der Waals surface area contributed by atoms with Crippen molar-refractivity contribution in [2.75, 3.05) is 31.1 Å². The number of hydrogen-bond acceptors (Lipinski definition) is 4. The van der Waals surface area contributed by atoms with E-state index in [0.717, 1.165) is 18.0 Å². The Bertz CT molecular complexity index is 711. The smallest absolute Gasteiger partial charge is 0.352 e. The molecule has 132 valence electrons. The molecule has 1 amide bonds. The first-order valence-electron chi connectivity index (χ1n) is 7.88. The maximum atomic E-state index is 12.6. The Morgan fingerprint density at radius 3 is 2.28 bits per heavy atom. The Morgan fingerprint density at radius 2 is 1.72 bits per heavy atom. The second-order valence-electron chi connectivity index (χ2n) is 5.80. The molecular weight excluding hydrogens is 333 g/mol. The quantitative estimate of drug-likeness (QED) is 0.853. The Hall–Kier alpha value is -2.64. The van der Waals surface area contributed by atoms with Crippen molar-refractivity contribution in [1.82, 2.24) is 14.9 Å². The van der Waals surface area contributed by atoms with Gasteiger partial charge in [0.15, 0.2) is 0 Å². The van der Waals surface area contributed by atoms with Crippen LogP contribution in [0.3, 0.4) is 0 Å². The highest BCUT2D eigenvalue weighted by Crippen LogP contribution is 2.29. The van der Waals surface area contributed by atoms with Gasteiger partial charge in [-0.15, -0.1) is 0 Å². The van der Waals surface area contributed by atoms with E-state index in [2.05, 4.69) is 14.9 Å². The lowest BCUT2D eigenvalue weighted by atomic mass is 10.1. The Balaban J connectivity index is 1.54. The normalized spacial score (nSPS) is 15.3. The summed E-state index contributed by atoms with van der Waals surface area (Å²) in [5.41, 5.74) is -0.129. The van der Waals surface area contributed by atoms with Crippen LogP contribution in [0.4, 0.5) is 19.0 Å². The van der Waals surface area contributed by atoms with Crippen LogP contribution in [-0.4, -0.2) is 47.0 Å². The van der Waals surface area contributed by atoms with Crippen LogP contribution in [0.15, 0.2) is 42.9 Å². The molecule has 1 aliphatic rings. The SMILES string of the molecule is O=C(Cc1ccc(C(F)(F)F)cc1)N1CCN(c2cnccn2)CC1. The van der Waals surface area contributed by atoms with Gasteiger partial charge in [-0.1, -0.05) is 12.1 Å². The van der Waals surface area contributed by atoms with Gasteiger partial charge in [0.25, 0.3) is 0 Å². The number of carbonyl (C=O) groups excluding carboxylic acids is 1. The summed E-state index contributed by atoms with van der Waals surface area (Å²) >= 11 is 0. The minimum absolute atomic E-state index is 0.0847. The molecule has 0 unspecified atom stereocenters. The van der Waals surface area contributed by atoms with Gasteiger partial charge in [-0.2, -0.15) is 13.2 Å². The lowest BCUT2D eigenvalue weighted by Gasteiger charge is -2.35. The summed E-state index contributed by atoms with van der Waals surface area (Å²) in [6.45, 7) is 2.40. The molecule has 0 saturated carbocycles. The van der Waals surface area contributed by atoms with Crippen LogP contribution in [0.25, 0.3) is 0 Å². The van der Waals surface area contributed by atoms with Crippen molar-refractivity contribution in [2.45, 2.75) is 12.6 Å². The van der Waals surface area contributed by atoms with Crippen LogP contribution < -0.4 is 4.90 Å². The van der Waals surface area contributed by atoms with Crippen molar-refractivity contribution in [3.05, 3.63) is 54.0 Å². The largest absolute Gasteiger partial charge is 0.416 e. The van der Waals surface area contributed by atoms with Gasteiger partial charge in [0.2, 0.25) is 5.91 Å². The maximum Gasteiger partial charge on any atom is 0.416 e. The van der Waals surface area contributed by atoms with Crippen LogP contribution in [0.1, 0.15) is 11.1 Å². The first kappa shape index (κ1) is 17.2. The minimum atomic E-state index is -4.36. The number of anilines is 1. The lowest BCUT2D eigenvalue weighted by molar-refractivity contribution is -0.137. The molecule has 0 N–H and O–H groups in total. The molecule has 1 aromatic carbocycles. The lowest BCUT2D eigenvalue weighted by Crippen LogP contribution is -2.49. The van der Waals surface area contributed by atoms with E-state index in [1.54, 1.807) is 23.5 Å². The number of hydrogen-bond donors (Lipinski definition) is 0. The van der Waals surface area contributed by atoms with E-state index in [4.69, 9.17) is 0 Å². The molecule has 0 aliphatic carbocycles. The molecule has 0 atom stereocenters. The van der Waals surface area contributed by atoms with Gasteiger partial charge in [-0.05, 0) is 17.7 Å². The first-order valence-corrected chi connectivity index (χ1v) is 7.88. The van der Waals surface area contributed by atoms with Gasteiger partial charge in [0, 0.05) is 38.6 Å². The second kappa shape index (κ2) is 7.08. The highest BCUT2D eigenvalue weighted by Gasteiger charge is 2.30. The zero-order valence-electron chi connectivity index (χ0n) is 13.4. The Kier molecular flexibility index (Phi) is 4.87. The number of piperazine rings is 1. The number of aromatic nitrogens is 2. The summed E-state index contributed by atoms with van der Waals surface area (Å²) in [5, 5.41) is 0. The van der Waals surface area contributed by atoms with E-state index in [9.17, 15) is 18.0 Å². The van der Waals surface area contributed by atoms with Gasteiger partial charge in [-0.3, -0.25) is 9.78 Å². The van der Waals surface area contributed by atoms with E-state index in [-0.39, 0.29) is 12.3 Å². The van der Waals surface area contributed by atoms with E-state index in [0.29, 0.717) is 31.7 Å². The highest BCUT2D eigenvalue weighted by atomic mass is 19.4. The summed E-state index contributed by atoms with van der Waals surface area (Å²) < 4.78 is 37.7. The average Bonchev–Trinajstić information content (AvgIpc) is 2.62. The summed E-state index contributed by atoms with van der Waals surface area (Å²) in [4.78, 5) is 24.4. The molecule has 0 spiro atoms. The fraction of sp³-hybridized carbons (Fsp3) is 0.353. The zero-order valence-corrected chi connectivity index (χ0v) is 13.4. The summed E-state index contributed by atoms with van der Waals surface area (Å²) in [5.74, 6) is 0.691. The van der Waals surface area contributed by atoms with E-state index < -0.39 is 11.7 Å². The Morgan fingerprint density at radius 1 is 1.04 bits per heavy atom. The summed E-state index contributed by atoms with van der Waals surface area (Å²) in [7, 11) is 0. The predicted molar refractivity (Wildman–Crippen MR) is 86.0 cm³/mol. The van der Waals surface area contributed by atoms with Crippen molar-refractivity contribution in [1.29, 1.82) is 0 Å². The molecular formula is C17H17F3N4O. The molecule has 8 heteroatoms. The monoisotopic (exact) mass is 350 g/mol. The fourth-order valence-corrected chi connectivity index (χ4v) is 2.74. The van der Waals surface area contributed by atoms with E-state index >= 15 is 0 Å². The molecule has 3 rings (SSSR count). The van der Waals surface area contributed by atoms with Crippen LogP contribution in [-0.2, 0) is 17.4 Å². The second-order valence-corrected chi connectivity index (χ2v) is 5.80. The van der Waals surface area contributed by atoms with Crippen molar-refractivity contribution in [3.8, 4) is 0 Å². The maximum absolute atomic E-state index is 12.6. The summed E-state index contributed by atoms with van der Waals surface area (Å²) in [6, 6.07) is 4.73. The van der Waals surface area contributed by atoms with Crippen LogP contribution >= 0.6 is 0 Å². The standard InChI is InChI=1S/C17H17F3N4O/c18-17(19,20)14-3-1-13(2-4-14)11-16(25)24-9-7-23(8-10-24)15-12-21-5-6-22-15/h1-6,12H,7-11H2. The fourth-order valence-electron chi connectivity index (χ4n) is 2.74. The predicted octanol–water partition coefficient (Wildman–Crippen LogP) is 2.39. The van der Waals surface area contributed by atoms with Crippen molar-refractivity contribution >= 4 is 11.7 Å². The number of carbonyl (C=O) groups is 1. The van der Waals surface area contributed by atoms with Crippen molar-refractivity contribution in [2.24, 2.45) is 0 Å². The number of amides is 1. The number of halogens is 3. The van der Waals surface area contributed by atoms with E-state index in [1.165, 1.54) is 12.1 Å². The van der Waals surface area contributed by atoms with Crippen LogP contribution in [0.5, 0.6) is 0 Å². The Labute approximate surface area is 143 Å². The van der Waals surface area contributed by atoms with Gasteiger partial charge in [0.05, 0.1) is 18.2 Å². The molecule has 5 nitrogen and oxygen atoms in total. The average molecular weight is 350 g/mol. The zero-order chi connectivity index (χ0) is 17.9. The third-order valence-corrected chi connectivity index (χ3v) is 4.14. The molecule has 1 aliphatic heterocycles. The molecule has 1 aromatic heterocycles. The van der Waals surface area contributed by atoms with Crippen LogP contribution in [0, 0.1) is 0 Å². The van der Waals surface area contributed by atoms with Gasteiger partial charge in [0.1, 0.15) is 5.82 Å². The molecule has 0 radical (unpaired) electrons. The number of nitrogens with zero attached hydrogens (tertiary/aromatic N) is 4.